The van der Waals surface area contributed by atoms with Gasteiger partial charge in [-0.2, -0.15) is 0 Å². The van der Waals surface area contributed by atoms with Crippen molar-refractivity contribution in [3.8, 4) is 5.75 Å². The van der Waals surface area contributed by atoms with Crippen molar-refractivity contribution in [1.82, 2.24) is 0 Å². The Balaban J connectivity index is 2.16. The first-order chi connectivity index (χ1) is 9.96. The van der Waals surface area contributed by atoms with Gasteiger partial charge < -0.3 is 15.2 Å². The number of amides is 1. The van der Waals surface area contributed by atoms with E-state index in [-0.39, 0.29) is 22.6 Å². The van der Waals surface area contributed by atoms with E-state index in [1.165, 1.54) is 19.6 Å². The number of carbonyl (C=O) groups is 2. The Labute approximate surface area is 124 Å². The number of aromatic carboxylic acids is 1. The van der Waals surface area contributed by atoms with Crippen LogP contribution in [0.5, 0.6) is 5.75 Å². The molecule has 0 bridgehead atoms. The lowest BCUT2D eigenvalue weighted by Gasteiger charge is -2.32. The minimum Gasteiger partial charge on any atom is -0.496 e. The van der Waals surface area contributed by atoms with Crippen LogP contribution in [0.1, 0.15) is 49.4 Å². The first-order valence-corrected chi connectivity index (χ1v) is 7.19. The van der Waals surface area contributed by atoms with Crippen molar-refractivity contribution in [2.24, 2.45) is 5.41 Å². The maximum Gasteiger partial charge on any atom is 0.339 e. The predicted octanol–water partition coefficient (Wildman–Crippen LogP) is 3.30. The highest BCUT2D eigenvalue weighted by Gasteiger charge is 2.34. The third-order valence-electron chi connectivity index (χ3n) is 4.20. The van der Waals surface area contributed by atoms with Crippen LogP contribution in [0.2, 0.25) is 0 Å². The Morgan fingerprint density at radius 1 is 1.24 bits per heavy atom. The molecule has 2 N–H and O–H groups in total. The molecule has 0 aromatic heterocycles. The first kappa shape index (κ1) is 15.4. The van der Waals surface area contributed by atoms with Gasteiger partial charge in [-0.3, -0.25) is 4.79 Å². The van der Waals surface area contributed by atoms with Crippen LogP contribution in [0.25, 0.3) is 0 Å². The average molecular weight is 291 g/mol. The monoisotopic (exact) mass is 291 g/mol. The standard InChI is InChI=1S/C16H21NO4/c1-16(8-4-3-5-9-16)15(20)17-11-6-7-12(14(18)19)13(10-11)21-2/h6-7,10H,3-5,8-9H2,1-2H3,(H,17,20)(H,18,19). The summed E-state index contributed by atoms with van der Waals surface area (Å²) in [4.78, 5) is 23.5. The summed E-state index contributed by atoms with van der Waals surface area (Å²) in [6.45, 7) is 1.99. The number of methoxy groups -OCH3 is 1. The quantitative estimate of drug-likeness (QED) is 0.892. The molecule has 1 saturated carbocycles. The van der Waals surface area contributed by atoms with Gasteiger partial charge in [0.05, 0.1) is 7.11 Å². The van der Waals surface area contributed by atoms with E-state index in [9.17, 15) is 9.59 Å². The van der Waals surface area contributed by atoms with Crippen molar-refractivity contribution >= 4 is 17.6 Å². The van der Waals surface area contributed by atoms with Crippen LogP contribution in [-0.4, -0.2) is 24.1 Å². The largest absolute Gasteiger partial charge is 0.496 e. The Bertz CT molecular complexity index is 547. The number of carboxylic acid groups (broad SMARTS) is 1. The third-order valence-corrected chi connectivity index (χ3v) is 4.20. The number of ether oxygens (including phenoxy) is 1. The van der Waals surface area contributed by atoms with Crippen molar-refractivity contribution in [2.45, 2.75) is 39.0 Å². The molecule has 0 radical (unpaired) electrons. The summed E-state index contributed by atoms with van der Waals surface area (Å²) in [5.41, 5.74) is 0.310. The molecule has 0 saturated heterocycles. The molecule has 2 rings (SSSR count). The average Bonchev–Trinajstić information content (AvgIpc) is 2.47. The Morgan fingerprint density at radius 3 is 2.48 bits per heavy atom. The van der Waals surface area contributed by atoms with E-state index >= 15 is 0 Å². The molecule has 21 heavy (non-hydrogen) atoms. The number of carbonyl (C=O) groups excluding carboxylic acids is 1. The highest BCUT2D eigenvalue weighted by Crippen LogP contribution is 2.37. The minimum atomic E-state index is -1.05. The van der Waals surface area contributed by atoms with Gasteiger partial charge in [-0.25, -0.2) is 4.79 Å². The molecular weight excluding hydrogens is 270 g/mol. The zero-order chi connectivity index (χ0) is 15.5. The van der Waals surface area contributed by atoms with E-state index in [1.54, 1.807) is 12.1 Å². The lowest BCUT2D eigenvalue weighted by molar-refractivity contribution is -0.126. The molecule has 1 aromatic rings. The second kappa shape index (κ2) is 6.16. The van der Waals surface area contributed by atoms with E-state index in [0.29, 0.717) is 5.69 Å². The van der Waals surface area contributed by atoms with Gasteiger partial charge in [0.25, 0.3) is 0 Å². The summed E-state index contributed by atoms with van der Waals surface area (Å²) in [6, 6.07) is 4.59. The topological polar surface area (TPSA) is 75.6 Å². The van der Waals surface area contributed by atoms with Gasteiger partial charge in [0.1, 0.15) is 11.3 Å². The second-order valence-corrected chi connectivity index (χ2v) is 5.80. The van der Waals surface area contributed by atoms with Crippen LogP contribution in [-0.2, 0) is 4.79 Å². The SMILES string of the molecule is COc1cc(NC(=O)C2(C)CCCCC2)ccc1C(=O)O. The lowest BCUT2D eigenvalue weighted by atomic mass is 9.75. The number of anilines is 1. The highest BCUT2D eigenvalue weighted by atomic mass is 16.5. The molecule has 0 heterocycles. The van der Waals surface area contributed by atoms with Crippen molar-refractivity contribution < 1.29 is 19.4 Å². The van der Waals surface area contributed by atoms with Gasteiger partial charge >= 0.3 is 5.97 Å². The number of carboxylic acids is 1. The van der Waals surface area contributed by atoms with Crippen molar-refractivity contribution in [3.05, 3.63) is 23.8 Å². The molecule has 1 aliphatic rings. The number of rotatable bonds is 4. The fourth-order valence-electron chi connectivity index (χ4n) is 2.79. The molecule has 1 aromatic carbocycles. The zero-order valence-electron chi connectivity index (χ0n) is 12.4. The van der Waals surface area contributed by atoms with Crippen LogP contribution in [0, 0.1) is 5.41 Å². The lowest BCUT2D eigenvalue weighted by Crippen LogP contribution is -2.35. The number of hydrogen-bond donors (Lipinski definition) is 2. The minimum absolute atomic E-state index is 0.00710. The summed E-state index contributed by atoms with van der Waals surface area (Å²) in [5.74, 6) is -0.814. The van der Waals surface area contributed by atoms with Gasteiger partial charge in [-0.05, 0) is 25.0 Å². The second-order valence-electron chi connectivity index (χ2n) is 5.80. The van der Waals surface area contributed by atoms with E-state index in [1.807, 2.05) is 6.92 Å². The van der Waals surface area contributed by atoms with E-state index < -0.39 is 5.97 Å². The maximum atomic E-state index is 12.4. The molecule has 0 atom stereocenters. The number of nitrogens with one attached hydrogen (secondary N) is 1. The molecule has 1 aliphatic carbocycles. The highest BCUT2D eigenvalue weighted by molar-refractivity contribution is 5.97. The fourth-order valence-corrected chi connectivity index (χ4v) is 2.79. The molecule has 5 nitrogen and oxygen atoms in total. The Kier molecular flexibility index (Phi) is 4.50. The smallest absolute Gasteiger partial charge is 0.339 e. The molecular formula is C16H21NO4. The summed E-state index contributed by atoms with van der Waals surface area (Å²) in [6.07, 6.45) is 5.12. The number of benzene rings is 1. The summed E-state index contributed by atoms with van der Waals surface area (Å²) >= 11 is 0. The third kappa shape index (κ3) is 3.35. The van der Waals surface area contributed by atoms with Crippen molar-refractivity contribution in [3.63, 3.8) is 0 Å². The molecule has 0 unspecified atom stereocenters. The van der Waals surface area contributed by atoms with Gasteiger partial charge in [0.15, 0.2) is 0 Å². The summed E-state index contributed by atoms with van der Waals surface area (Å²) in [5, 5.41) is 11.9. The molecule has 1 fully saturated rings. The number of hydrogen-bond acceptors (Lipinski definition) is 3. The van der Waals surface area contributed by atoms with Crippen LogP contribution in [0.4, 0.5) is 5.69 Å². The summed E-state index contributed by atoms with van der Waals surface area (Å²) < 4.78 is 5.07. The fraction of sp³-hybridized carbons (Fsp3) is 0.500. The normalized spacial score (nSPS) is 17.0. The molecule has 0 aliphatic heterocycles. The van der Waals surface area contributed by atoms with Gasteiger partial charge in [0.2, 0.25) is 5.91 Å². The molecule has 0 spiro atoms. The van der Waals surface area contributed by atoms with Crippen LogP contribution < -0.4 is 10.1 Å². The van der Waals surface area contributed by atoms with Crippen molar-refractivity contribution in [2.75, 3.05) is 12.4 Å². The Hall–Kier alpha value is -2.04. The van der Waals surface area contributed by atoms with E-state index in [4.69, 9.17) is 9.84 Å². The van der Waals surface area contributed by atoms with Gasteiger partial charge in [-0.1, -0.05) is 26.2 Å². The maximum absolute atomic E-state index is 12.4. The molecule has 1 amide bonds. The van der Waals surface area contributed by atoms with Crippen LogP contribution >= 0.6 is 0 Å². The van der Waals surface area contributed by atoms with E-state index in [0.717, 1.165) is 25.7 Å². The van der Waals surface area contributed by atoms with Crippen molar-refractivity contribution in [1.29, 1.82) is 0 Å². The van der Waals surface area contributed by atoms with E-state index in [2.05, 4.69) is 5.32 Å². The zero-order valence-corrected chi connectivity index (χ0v) is 12.4. The Morgan fingerprint density at radius 2 is 1.90 bits per heavy atom. The summed E-state index contributed by atoms with van der Waals surface area (Å²) in [7, 11) is 1.41. The molecule has 5 heteroatoms. The first-order valence-electron chi connectivity index (χ1n) is 7.19. The predicted molar refractivity (Wildman–Crippen MR) is 79.8 cm³/mol. The van der Waals surface area contributed by atoms with Crippen LogP contribution in [0.15, 0.2) is 18.2 Å². The van der Waals surface area contributed by atoms with Gasteiger partial charge in [0, 0.05) is 17.2 Å². The van der Waals surface area contributed by atoms with Crippen LogP contribution in [0.3, 0.4) is 0 Å². The molecule has 114 valence electrons. The van der Waals surface area contributed by atoms with Gasteiger partial charge in [-0.15, -0.1) is 0 Å².